The second-order valence-electron chi connectivity index (χ2n) is 0.515. The van der Waals surface area contributed by atoms with E-state index in [0.717, 1.165) is 0 Å². The predicted octanol–water partition coefficient (Wildman–Crippen LogP) is -6.20. The van der Waals surface area contributed by atoms with Crippen LogP contribution >= 0.6 is 0 Å². The van der Waals surface area contributed by atoms with Crippen molar-refractivity contribution in [3.05, 3.63) is 0 Å². The first-order chi connectivity index (χ1) is 2.00. The van der Waals surface area contributed by atoms with Gasteiger partial charge in [0.05, 0.1) is 0 Å². The third kappa shape index (κ3) is 55200. The molecule has 0 saturated heterocycles. The molecule has 0 aliphatic rings. The molecule has 0 unspecified atom stereocenters. The molecule has 12 heteroatoms. The summed E-state index contributed by atoms with van der Waals surface area (Å²) < 4.78 is 25.2. The van der Waals surface area contributed by atoms with Gasteiger partial charge in [0, 0.05) is 16.5 Å². The number of rotatable bonds is 0. The standard InChI is InChI=1S/H3NO3S.Ni.6H2O/c1-5(2,3)4;;;;;;;/h(H3,1,2,3,4);;6*1H2. The molecule has 10 nitrogen and oxygen atoms in total. The second-order valence-corrected chi connectivity index (χ2v) is 1.54. The van der Waals surface area contributed by atoms with Gasteiger partial charge in [-0.25, -0.2) is 5.14 Å². The Kier molecular flexibility index (Phi) is 224. The molecule has 0 bridgehead atoms. The van der Waals surface area contributed by atoms with Crippen LogP contribution in [0.4, 0.5) is 0 Å². The van der Waals surface area contributed by atoms with Crippen LogP contribution in [0.5, 0.6) is 0 Å². The fourth-order valence-corrected chi connectivity index (χ4v) is 0. The second kappa shape index (κ2) is 30.4. The molecule has 90 valence electrons. The third-order valence-electron chi connectivity index (χ3n) is 0. The molecule has 0 aliphatic heterocycles. The molecule has 0 aromatic heterocycles. The largest absolute Gasteiger partial charge is 0.412 e. The summed E-state index contributed by atoms with van der Waals surface area (Å²) in [6.45, 7) is 0. The topological polar surface area (TPSA) is 269 Å². The van der Waals surface area contributed by atoms with Crippen molar-refractivity contribution in [2.75, 3.05) is 0 Å². The summed E-state index contributed by atoms with van der Waals surface area (Å²) in [5, 5.41) is 3.88. The Hall–Kier alpha value is 0.124. The Labute approximate surface area is 78.4 Å². The molecule has 0 aromatic carbocycles. The van der Waals surface area contributed by atoms with Crippen LogP contribution in [0.1, 0.15) is 0 Å². The molecule has 0 fully saturated rings. The summed E-state index contributed by atoms with van der Waals surface area (Å²) in [4.78, 5) is 0. The van der Waals surface area contributed by atoms with E-state index in [2.05, 4.69) is 5.14 Å². The maximum atomic E-state index is 8.97. The molecular weight excluding hydrogens is 249 g/mol. The van der Waals surface area contributed by atoms with E-state index in [9.17, 15) is 0 Å². The van der Waals surface area contributed by atoms with E-state index in [1.54, 1.807) is 0 Å². The van der Waals surface area contributed by atoms with Crippen LogP contribution in [0.2, 0.25) is 0 Å². The van der Waals surface area contributed by atoms with Crippen LogP contribution in [0.25, 0.3) is 0 Å². The quantitative estimate of drug-likeness (QED) is 0.319. The van der Waals surface area contributed by atoms with Gasteiger partial charge >= 0.3 is 10.3 Å². The Morgan fingerprint density at radius 2 is 0.833 bits per heavy atom. The molecular formula is H15NNiO9S. The Morgan fingerprint density at radius 3 is 0.833 bits per heavy atom. The van der Waals surface area contributed by atoms with Gasteiger partial charge in [-0.2, -0.15) is 8.42 Å². The summed E-state index contributed by atoms with van der Waals surface area (Å²) in [7, 11) is -4.17. The van der Waals surface area contributed by atoms with Gasteiger partial charge in [-0.1, -0.05) is 0 Å². The molecule has 15 N–H and O–H groups in total. The maximum absolute atomic E-state index is 8.97. The van der Waals surface area contributed by atoms with Crippen molar-refractivity contribution < 1.29 is 62.3 Å². The zero-order valence-corrected chi connectivity index (χ0v) is 7.37. The van der Waals surface area contributed by atoms with Gasteiger partial charge in [0.2, 0.25) is 0 Å². The van der Waals surface area contributed by atoms with Crippen LogP contribution in [0.3, 0.4) is 0 Å². The Morgan fingerprint density at radius 1 is 0.833 bits per heavy atom. The van der Waals surface area contributed by atoms with E-state index in [4.69, 9.17) is 13.0 Å². The average Bonchev–Trinajstić information content (AvgIpc) is 0.722. The fraction of sp³-hybridized carbons (Fsp3) is 0. The summed E-state index contributed by atoms with van der Waals surface area (Å²) >= 11 is 0. The maximum Gasteiger partial charge on any atom is 0.330 e. The van der Waals surface area contributed by atoms with Crippen molar-refractivity contribution in [3.8, 4) is 0 Å². The minimum absolute atomic E-state index is 0. The van der Waals surface area contributed by atoms with Gasteiger partial charge in [-0.15, -0.1) is 0 Å². The van der Waals surface area contributed by atoms with E-state index in [-0.39, 0.29) is 49.3 Å². The van der Waals surface area contributed by atoms with Gasteiger partial charge < -0.3 is 32.9 Å². The Bertz CT molecular complexity index is 97.7. The van der Waals surface area contributed by atoms with Crippen molar-refractivity contribution in [2.24, 2.45) is 5.14 Å². The molecule has 12 heavy (non-hydrogen) atoms. The van der Waals surface area contributed by atoms with E-state index < -0.39 is 10.3 Å². The monoisotopic (exact) mass is 263 g/mol. The van der Waals surface area contributed by atoms with Crippen molar-refractivity contribution in [1.29, 1.82) is 0 Å². The minimum atomic E-state index is -4.17. The minimum Gasteiger partial charge on any atom is -0.412 e. The third-order valence-corrected chi connectivity index (χ3v) is 0. The van der Waals surface area contributed by atoms with E-state index in [1.165, 1.54) is 0 Å². The van der Waals surface area contributed by atoms with Crippen LogP contribution in [-0.2, 0) is 26.8 Å². The molecule has 0 saturated carbocycles. The van der Waals surface area contributed by atoms with Gasteiger partial charge in [-0.05, 0) is 0 Å². The van der Waals surface area contributed by atoms with Crippen molar-refractivity contribution in [1.82, 2.24) is 0 Å². The SMILES string of the molecule is NS(=O)(=O)O.O.O.O.O.O.O.[Ni]. The number of hydrogen-bond donors (Lipinski definition) is 2. The van der Waals surface area contributed by atoms with Crippen LogP contribution in [0.15, 0.2) is 0 Å². The zero-order chi connectivity index (χ0) is 4.50. The molecule has 0 amide bonds. The summed E-state index contributed by atoms with van der Waals surface area (Å²) in [5.74, 6) is 0. The summed E-state index contributed by atoms with van der Waals surface area (Å²) in [6.07, 6.45) is 0. The smallest absolute Gasteiger partial charge is 0.330 e. The predicted molar refractivity (Wildman–Crippen MR) is 37.4 cm³/mol. The van der Waals surface area contributed by atoms with Crippen molar-refractivity contribution in [3.63, 3.8) is 0 Å². The van der Waals surface area contributed by atoms with Crippen LogP contribution in [-0.4, -0.2) is 45.8 Å². The molecule has 0 aromatic rings. The van der Waals surface area contributed by atoms with Crippen molar-refractivity contribution >= 4 is 10.3 Å². The first-order valence-electron chi connectivity index (χ1n) is 0.752. The summed E-state index contributed by atoms with van der Waals surface area (Å²) in [5.41, 5.74) is 0. The van der Waals surface area contributed by atoms with Gasteiger partial charge in [-0.3, -0.25) is 4.55 Å². The van der Waals surface area contributed by atoms with E-state index in [1.807, 2.05) is 0 Å². The Balaban J connectivity index is -0.00000000381. The van der Waals surface area contributed by atoms with E-state index >= 15 is 0 Å². The molecule has 0 heterocycles. The van der Waals surface area contributed by atoms with Gasteiger partial charge in [0.1, 0.15) is 0 Å². The molecule has 0 radical (unpaired) electrons. The fourth-order valence-electron chi connectivity index (χ4n) is 0. The van der Waals surface area contributed by atoms with Crippen LogP contribution < -0.4 is 5.14 Å². The number of hydrogen-bond acceptors (Lipinski definition) is 2. The first kappa shape index (κ1) is 88.2. The average molecular weight is 264 g/mol. The molecule has 0 spiro atoms. The zero-order valence-electron chi connectivity index (χ0n) is 5.57. The molecule has 0 aliphatic carbocycles. The molecule has 0 rings (SSSR count). The van der Waals surface area contributed by atoms with Crippen molar-refractivity contribution in [2.45, 2.75) is 0 Å². The van der Waals surface area contributed by atoms with Crippen LogP contribution in [0, 0.1) is 0 Å². The van der Waals surface area contributed by atoms with E-state index in [0.29, 0.717) is 0 Å². The van der Waals surface area contributed by atoms with Gasteiger partial charge in [0.25, 0.3) is 0 Å². The first-order valence-corrected chi connectivity index (χ1v) is 2.25. The summed E-state index contributed by atoms with van der Waals surface area (Å²) in [6, 6.07) is 0. The van der Waals surface area contributed by atoms with Gasteiger partial charge in [0.15, 0.2) is 0 Å². The normalized spacial score (nSPS) is 4.83. The molecule has 0 atom stereocenters. The number of nitrogens with two attached hydrogens (primary N) is 1.